The molecule has 2 aliphatic rings. The van der Waals surface area contributed by atoms with Gasteiger partial charge in [0.15, 0.2) is 0 Å². The highest BCUT2D eigenvalue weighted by Crippen LogP contribution is 2.57. The number of ether oxygens (including phenoxy) is 1. The van der Waals surface area contributed by atoms with Crippen molar-refractivity contribution in [1.82, 2.24) is 4.90 Å². The Morgan fingerprint density at radius 1 is 1.15 bits per heavy atom. The summed E-state index contributed by atoms with van der Waals surface area (Å²) in [7, 11) is 0. The van der Waals surface area contributed by atoms with Gasteiger partial charge in [-0.2, -0.15) is 13.2 Å². The van der Waals surface area contributed by atoms with E-state index in [1.807, 2.05) is 32.9 Å². The SMILES string of the molecule is CCOC(=O)C1=CCN2C(=O)N(Cc3c(C)cc(C)cc3C)c3ccc(Cl)cc3C12C(F)(F)F. The van der Waals surface area contributed by atoms with Gasteiger partial charge < -0.3 is 4.74 Å². The second kappa shape index (κ2) is 8.34. The van der Waals surface area contributed by atoms with E-state index in [0.29, 0.717) is 4.90 Å². The molecule has 0 spiro atoms. The third-order valence-corrected chi connectivity index (χ3v) is 6.67. The fourth-order valence-electron chi connectivity index (χ4n) is 5.08. The molecule has 0 saturated heterocycles. The minimum absolute atomic E-state index is 0.0550. The number of hydrogen-bond donors (Lipinski definition) is 0. The lowest BCUT2D eigenvalue weighted by atomic mass is 9.79. The van der Waals surface area contributed by atoms with Crippen molar-refractivity contribution >= 4 is 29.3 Å². The van der Waals surface area contributed by atoms with Crippen LogP contribution in [-0.2, 0) is 21.6 Å². The number of esters is 1. The number of aryl methyl sites for hydroxylation is 3. The topological polar surface area (TPSA) is 49.9 Å². The van der Waals surface area contributed by atoms with Gasteiger partial charge in [-0.3, -0.25) is 9.80 Å². The summed E-state index contributed by atoms with van der Waals surface area (Å²) in [6.45, 7) is 6.86. The molecule has 180 valence electrons. The van der Waals surface area contributed by atoms with Crippen molar-refractivity contribution in [2.24, 2.45) is 0 Å². The molecule has 0 fully saturated rings. The van der Waals surface area contributed by atoms with Gasteiger partial charge in [0.25, 0.3) is 0 Å². The lowest BCUT2D eigenvalue weighted by molar-refractivity contribution is -0.212. The van der Waals surface area contributed by atoms with E-state index in [1.54, 1.807) is 0 Å². The number of carbonyl (C=O) groups excluding carboxylic acids is 2. The Morgan fingerprint density at radius 2 is 1.79 bits per heavy atom. The molecule has 0 aliphatic carbocycles. The molecule has 0 radical (unpaired) electrons. The first-order chi connectivity index (χ1) is 15.9. The van der Waals surface area contributed by atoms with E-state index in [4.69, 9.17) is 16.3 Å². The average molecular weight is 493 g/mol. The first-order valence-electron chi connectivity index (χ1n) is 10.8. The Hall–Kier alpha value is -3.00. The average Bonchev–Trinajstić information content (AvgIpc) is 3.15. The van der Waals surface area contributed by atoms with Crippen molar-refractivity contribution in [3.05, 3.63) is 74.8 Å². The van der Waals surface area contributed by atoms with E-state index in [2.05, 4.69) is 0 Å². The van der Waals surface area contributed by atoms with Gasteiger partial charge in [0.1, 0.15) is 0 Å². The van der Waals surface area contributed by atoms with Crippen LogP contribution in [0.15, 0.2) is 42.0 Å². The van der Waals surface area contributed by atoms with Crippen molar-refractivity contribution in [1.29, 1.82) is 0 Å². The number of amides is 2. The summed E-state index contributed by atoms with van der Waals surface area (Å²) in [5.74, 6) is -1.11. The van der Waals surface area contributed by atoms with Crippen molar-refractivity contribution in [2.45, 2.75) is 46.0 Å². The van der Waals surface area contributed by atoms with Gasteiger partial charge >= 0.3 is 18.2 Å². The van der Waals surface area contributed by atoms with Gasteiger partial charge in [-0.15, -0.1) is 0 Å². The van der Waals surface area contributed by atoms with E-state index in [-0.39, 0.29) is 36.0 Å². The number of benzene rings is 2. The smallest absolute Gasteiger partial charge is 0.420 e. The van der Waals surface area contributed by atoms with Gasteiger partial charge in [-0.1, -0.05) is 35.4 Å². The molecule has 34 heavy (non-hydrogen) atoms. The van der Waals surface area contributed by atoms with Crippen LogP contribution in [0.4, 0.5) is 23.7 Å². The minimum Gasteiger partial charge on any atom is -0.463 e. The summed E-state index contributed by atoms with van der Waals surface area (Å²) >= 11 is 6.15. The van der Waals surface area contributed by atoms with E-state index in [9.17, 15) is 22.8 Å². The first kappa shape index (κ1) is 24.1. The number of rotatable bonds is 4. The van der Waals surface area contributed by atoms with Crippen LogP contribution in [0.2, 0.25) is 5.02 Å². The van der Waals surface area contributed by atoms with Gasteiger partial charge in [-0.25, -0.2) is 9.59 Å². The molecule has 1 atom stereocenters. The molecule has 2 amide bonds. The summed E-state index contributed by atoms with van der Waals surface area (Å²) in [5.41, 5.74) is -0.0657. The molecule has 5 nitrogen and oxygen atoms in total. The van der Waals surface area contributed by atoms with Crippen LogP contribution in [0.1, 0.15) is 34.7 Å². The molecule has 9 heteroatoms. The lowest BCUT2D eigenvalue weighted by Gasteiger charge is -2.49. The number of alkyl halides is 3. The first-order valence-corrected chi connectivity index (χ1v) is 11.2. The molecule has 0 saturated carbocycles. The van der Waals surface area contributed by atoms with E-state index >= 15 is 0 Å². The Morgan fingerprint density at radius 3 is 2.38 bits per heavy atom. The highest BCUT2D eigenvalue weighted by molar-refractivity contribution is 6.30. The zero-order valence-electron chi connectivity index (χ0n) is 19.2. The predicted molar refractivity (Wildman–Crippen MR) is 123 cm³/mol. The molecule has 2 heterocycles. The number of hydrogen-bond acceptors (Lipinski definition) is 3. The summed E-state index contributed by atoms with van der Waals surface area (Å²) in [6, 6.07) is 7.12. The van der Waals surface area contributed by atoms with Gasteiger partial charge in [0.05, 0.1) is 24.4 Å². The molecule has 2 aliphatic heterocycles. The molecular weight excluding hydrogens is 469 g/mol. The molecular formula is C25H24ClF3N2O3. The lowest BCUT2D eigenvalue weighted by Crippen LogP contribution is -2.64. The Balaban J connectivity index is 1.95. The van der Waals surface area contributed by atoms with Crippen molar-refractivity contribution < 1.29 is 27.5 Å². The molecule has 0 N–H and O–H groups in total. The second-order valence-corrected chi connectivity index (χ2v) is 9.00. The molecule has 2 aromatic carbocycles. The molecule has 1 unspecified atom stereocenters. The Kier molecular flexibility index (Phi) is 5.92. The van der Waals surface area contributed by atoms with Gasteiger partial charge in [-0.05, 0) is 62.6 Å². The predicted octanol–water partition coefficient (Wildman–Crippen LogP) is 5.97. The number of halogens is 4. The number of urea groups is 1. The normalized spacial score (nSPS) is 19.6. The molecule has 2 aromatic rings. The highest BCUT2D eigenvalue weighted by atomic mass is 35.5. The van der Waals surface area contributed by atoms with Crippen molar-refractivity contribution in [3.8, 4) is 0 Å². The number of nitrogens with zero attached hydrogens (tertiary/aromatic N) is 2. The fraction of sp³-hybridized carbons (Fsp3) is 0.360. The molecule has 4 rings (SSSR count). The summed E-state index contributed by atoms with van der Waals surface area (Å²) in [6.07, 6.45) is -3.88. The van der Waals surface area contributed by atoms with Crippen LogP contribution in [-0.4, -0.2) is 36.2 Å². The third kappa shape index (κ3) is 3.47. The zero-order chi connectivity index (χ0) is 25.0. The zero-order valence-corrected chi connectivity index (χ0v) is 20.0. The van der Waals surface area contributed by atoms with Crippen LogP contribution in [0, 0.1) is 20.8 Å². The van der Waals surface area contributed by atoms with Crippen LogP contribution in [0.5, 0.6) is 0 Å². The summed E-state index contributed by atoms with van der Waals surface area (Å²) < 4.78 is 49.8. The van der Waals surface area contributed by atoms with E-state index in [1.165, 1.54) is 30.0 Å². The Labute approximate surface area is 200 Å². The van der Waals surface area contributed by atoms with Crippen molar-refractivity contribution in [2.75, 3.05) is 18.1 Å². The largest absolute Gasteiger partial charge is 0.463 e. The maximum Gasteiger partial charge on any atom is 0.420 e. The fourth-order valence-corrected chi connectivity index (χ4v) is 5.25. The summed E-state index contributed by atoms with van der Waals surface area (Å²) in [4.78, 5) is 28.3. The second-order valence-electron chi connectivity index (χ2n) is 8.56. The van der Waals surface area contributed by atoms with Crippen molar-refractivity contribution in [3.63, 3.8) is 0 Å². The maximum absolute atomic E-state index is 14.9. The van der Waals surface area contributed by atoms with Crippen LogP contribution in [0.25, 0.3) is 0 Å². The standard InChI is InChI=1S/C25H24ClF3N2O3/c1-5-34-22(32)19-8-9-31-23(33)30(13-18-15(3)10-14(2)11-16(18)4)21-7-6-17(26)12-20(21)24(19,31)25(27,28)29/h6-8,10-12H,5,9,13H2,1-4H3. The third-order valence-electron chi connectivity index (χ3n) is 6.44. The minimum atomic E-state index is -5.00. The Bertz CT molecular complexity index is 1200. The number of anilines is 1. The van der Waals surface area contributed by atoms with Gasteiger partial charge in [0.2, 0.25) is 5.54 Å². The quantitative estimate of drug-likeness (QED) is 0.494. The van der Waals surface area contributed by atoms with E-state index < -0.39 is 29.3 Å². The van der Waals surface area contributed by atoms with Gasteiger partial charge in [0, 0.05) is 17.1 Å². The summed E-state index contributed by atoms with van der Waals surface area (Å²) in [5, 5.41) is 0.0643. The monoisotopic (exact) mass is 492 g/mol. The number of carbonyl (C=O) groups is 2. The van der Waals surface area contributed by atoms with Crippen LogP contribution in [0.3, 0.4) is 0 Å². The van der Waals surface area contributed by atoms with Crippen LogP contribution >= 0.6 is 11.6 Å². The van der Waals surface area contributed by atoms with E-state index in [0.717, 1.165) is 28.3 Å². The molecule has 0 bridgehead atoms. The highest BCUT2D eigenvalue weighted by Gasteiger charge is 2.70. The maximum atomic E-state index is 14.9. The van der Waals surface area contributed by atoms with Crippen LogP contribution < -0.4 is 4.90 Å². The number of fused-ring (bicyclic) bond motifs is 3. The molecule has 0 aromatic heterocycles.